The average Bonchev–Trinajstić information content (AvgIpc) is 3.18. The third-order valence-electron chi connectivity index (χ3n) is 5.75. The van der Waals surface area contributed by atoms with Crippen LogP contribution >= 0.6 is 11.3 Å². The van der Waals surface area contributed by atoms with Gasteiger partial charge in [-0.25, -0.2) is 0 Å². The van der Waals surface area contributed by atoms with E-state index in [2.05, 4.69) is 42.1 Å². The van der Waals surface area contributed by atoms with E-state index in [0.29, 0.717) is 0 Å². The third kappa shape index (κ3) is 2.78. The number of fused-ring (bicyclic) bond motifs is 1. The Kier molecular flexibility index (Phi) is 3.95. The van der Waals surface area contributed by atoms with Crippen LogP contribution in [-0.4, -0.2) is 12.7 Å². The minimum absolute atomic E-state index is 0.0446. The number of anilines is 1. The number of hydrogen-bond donors (Lipinski definition) is 1. The maximum atomic E-state index is 13.2. The molecule has 1 aliphatic heterocycles. The lowest BCUT2D eigenvalue weighted by atomic mass is 9.94. The lowest BCUT2D eigenvalue weighted by molar-refractivity contribution is -0.118. The highest BCUT2D eigenvalue weighted by molar-refractivity contribution is 7.08. The molecule has 4 nitrogen and oxygen atoms in total. The Morgan fingerprint density at radius 1 is 0.964 bits per heavy atom. The smallest absolute Gasteiger partial charge is 0.235 e. The Morgan fingerprint density at radius 3 is 2.54 bits per heavy atom. The molecule has 1 fully saturated rings. The maximum absolute atomic E-state index is 13.2. The monoisotopic (exact) mass is 391 g/mol. The van der Waals surface area contributed by atoms with Crippen LogP contribution in [0.15, 0.2) is 47.2 Å². The van der Waals surface area contributed by atoms with Gasteiger partial charge in [0.1, 0.15) is 0 Å². The first kappa shape index (κ1) is 17.3. The zero-order valence-corrected chi connectivity index (χ0v) is 16.7. The van der Waals surface area contributed by atoms with Crippen molar-refractivity contribution in [1.82, 2.24) is 0 Å². The molecule has 1 saturated carbocycles. The van der Waals surface area contributed by atoms with Gasteiger partial charge < -0.3 is 14.8 Å². The summed E-state index contributed by atoms with van der Waals surface area (Å²) < 4.78 is 10.9. The second-order valence-electron chi connectivity index (χ2n) is 7.60. The van der Waals surface area contributed by atoms with Crippen molar-refractivity contribution >= 4 is 22.9 Å². The van der Waals surface area contributed by atoms with Crippen molar-refractivity contribution in [2.24, 2.45) is 0 Å². The summed E-state index contributed by atoms with van der Waals surface area (Å²) in [5, 5.41) is 7.47. The molecule has 1 amide bonds. The summed E-state index contributed by atoms with van der Waals surface area (Å²) in [5.74, 6) is 1.51. The van der Waals surface area contributed by atoms with Crippen molar-refractivity contribution in [1.29, 1.82) is 0 Å². The standard InChI is InChI=1S/C23H21NO3S/c1-14-3-5-17(10-18(14)19-12-28-11-15(19)2)24-22(25)23(7-8-23)16-4-6-20-21(9-16)27-13-26-20/h3-6,9-12H,7-8,13H2,1-2H3,(H,24,25). The van der Waals surface area contributed by atoms with Gasteiger partial charge >= 0.3 is 0 Å². The van der Waals surface area contributed by atoms with Gasteiger partial charge in [-0.1, -0.05) is 12.1 Å². The van der Waals surface area contributed by atoms with E-state index < -0.39 is 5.41 Å². The number of benzene rings is 2. The number of ether oxygens (including phenoxy) is 2. The molecule has 28 heavy (non-hydrogen) atoms. The lowest BCUT2D eigenvalue weighted by Gasteiger charge is -2.17. The molecular weight excluding hydrogens is 370 g/mol. The molecule has 0 bridgehead atoms. The molecule has 2 aliphatic rings. The highest BCUT2D eigenvalue weighted by Gasteiger charge is 2.51. The molecule has 1 N–H and O–H groups in total. The third-order valence-corrected chi connectivity index (χ3v) is 6.61. The molecule has 142 valence electrons. The van der Waals surface area contributed by atoms with Gasteiger partial charge in [-0.05, 0) is 89.5 Å². The van der Waals surface area contributed by atoms with Crippen molar-refractivity contribution in [3.63, 3.8) is 0 Å². The van der Waals surface area contributed by atoms with Gasteiger partial charge in [0.2, 0.25) is 12.7 Å². The van der Waals surface area contributed by atoms with Crippen LogP contribution in [0.4, 0.5) is 5.69 Å². The molecule has 0 saturated heterocycles. The van der Waals surface area contributed by atoms with Crippen LogP contribution in [0.3, 0.4) is 0 Å². The highest BCUT2D eigenvalue weighted by Crippen LogP contribution is 2.51. The van der Waals surface area contributed by atoms with Crippen molar-refractivity contribution in [3.8, 4) is 22.6 Å². The summed E-state index contributed by atoms with van der Waals surface area (Å²) in [6, 6.07) is 12.0. The number of amides is 1. The number of rotatable bonds is 4. The fraction of sp³-hybridized carbons (Fsp3) is 0.261. The van der Waals surface area contributed by atoms with Gasteiger partial charge in [0.15, 0.2) is 11.5 Å². The summed E-state index contributed by atoms with van der Waals surface area (Å²) in [4.78, 5) is 13.2. The molecule has 0 spiro atoms. The summed E-state index contributed by atoms with van der Waals surface area (Å²) >= 11 is 1.70. The predicted molar refractivity (Wildman–Crippen MR) is 111 cm³/mol. The van der Waals surface area contributed by atoms with Crippen LogP contribution in [0, 0.1) is 13.8 Å². The van der Waals surface area contributed by atoms with Crippen LogP contribution in [0.25, 0.3) is 11.1 Å². The second kappa shape index (κ2) is 6.38. The summed E-state index contributed by atoms with van der Waals surface area (Å²) in [6.45, 7) is 4.47. The Balaban J connectivity index is 1.42. The van der Waals surface area contributed by atoms with Crippen LogP contribution < -0.4 is 14.8 Å². The minimum atomic E-state index is -0.468. The Bertz CT molecular complexity index is 1080. The number of hydrogen-bond acceptors (Lipinski definition) is 4. The van der Waals surface area contributed by atoms with E-state index in [0.717, 1.165) is 35.6 Å². The second-order valence-corrected chi connectivity index (χ2v) is 8.35. The first-order valence-corrected chi connectivity index (χ1v) is 10.4. The zero-order valence-electron chi connectivity index (χ0n) is 15.9. The fourth-order valence-corrected chi connectivity index (χ4v) is 4.69. The molecule has 0 unspecified atom stereocenters. The first-order chi connectivity index (χ1) is 13.6. The topological polar surface area (TPSA) is 47.6 Å². The fourth-order valence-electron chi connectivity index (χ4n) is 3.84. The minimum Gasteiger partial charge on any atom is -0.454 e. The Morgan fingerprint density at radius 2 is 1.79 bits per heavy atom. The van der Waals surface area contributed by atoms with Crippen LogP contribution in [0.2, 0.25) is 0 Å². The first-order valence-electron chi connectivity index (χ1n) is 9.42. The van der Waals surface area contributed by atoms with Crippen LogP contribution in [-0.2, 0) is 10.2 Å². The number of nitrogens with one attached hydrogen (secondary N) is 1. The van der Waals surface area contributed by atoms with E-state index in [4.69, 9.17) is 9.47 Å². The molecular formula is C23H21NO3S. The van der Waals surface area contributed by atoms with Gasteiger partial charge in [-0.15, -0.1) is 0 Å². The molecule has 2 aromatic carbocycles. The number of thiophene rings is 1. The number of aryl methyl sites for hydroxylation is 2. The van der Waals surface area contributed by atoms with Crippen molar-refractivity contribution in [2.75, 3.05) is 12.1 Å². The molecule has 3 aromatic rings. The highest BCUT2D eigenvalue weighted by atomic mass is 32.1. The molecule has 0 atom stereocenters. The molecule has 1 aliphatic carbocycles. The van der Waals surface area contributed by atoms with Gasteiger partial charge in [0, 0.05) is 5.69 Å². The van der Waals surface area contributed by atoms with E-state index in [-0.39, 0.29) is 12.7 Å². The van der Waals surface area contributed by atoms with Gasteiger partial charge in [-0.3, -0.25) is 4.79 Å². The summed E-state index contributed by atoms with van der Waals surface area (Å²) in [7, 11) is 0. The number of carbonyl (C=O) groups excluding carboxylic acids is 1. The summed E-state index contributed by atoms with van der Waals surface area (Å²) in [5.41, 5.74) is 6.23. The molecule has 2 heterocycles. The molecule has 5 heteroatoms. The normalized spacial score (nSPS) is 16.1. The van der Waals surface area contributed by atoms with Crippen molar-refractivity contribution < 1.29 is 14.3 Å². The Hall–Kier alpha value is -2.79. The van der Waals surface area contributed by atoms with Crippen molar-refractivity contribution in [3.05, 3.63) is 63.8 Å². The number of carbonyl (C=O) groups is 1. The van der Waals surface area contributed by atoms with Gasteiger partial charge in [0.05, 0.1) is 5.41 Å². The molecule has 1 aromatic heterocycles. The van der Waals surface area contributed by atoms with E-state index in [1.165, 1.54) is 22.3 Å². The van der Waals surface area contributed by atoms with E-state index in [1.54, 1.807) is 11.3 Å². The van der Waals surface area contributed by atoms with Crippen LogP contribution in [0.5, 0.6) is 11.5 Å². The Labute approximate surface area is 168 Å². The molecule has 0 radical (unpaired) electrons. The van der Waals surface area contributed by atoms with E-state index >= 15 is 0 Å². The average molecular weight is 391 g/mol. The largest absolute Gasteiger partial charge is 0.454 e. The van der Waals surface area contributed by atoms with Crippen LogP contribution in [0.1, 0.15) is 29.5 Å². The lowest BCUT2D eigenvalue weighted by Crippen LogP contribution is -2.27. The van der Waals surface area contributed by atoms with E-state index in [1.807, 2.05) is 24.3 Å². The quantitative estimate of drug-likeness (QED) is 0.645. The predicted octanol–water partition coefficient (Wildman–Crippen LogP) is 5.43. The summed E-state index contributed by atoms with van der Waals surface area (Å²) in [6.07, 6.45) is 1.70. The SMILES string of the molecule is Cc1cscc1-c1cc(NC(=O)C2(c3ccc4c(c3)OCO4)CC2)ccc1C. The van der Waals surface area contributed by atoms with Gasteiger partial charge in [0.25, 0.3) is 0 Å². The zero-order chi connectivity index (χ0) is 19.3. The van der Waals surface area contributed by atoms with E-state index in [9.17, 15) is 4.79 Å². The van der Waals surface area contributed by atoms with Crippen molar-refractivity contribution in [2.45, 2.75) is 32.1 Å². The molecule has 5 rings (SSSR count). The maximum Gasteiger partial charge on any atom is 0.235 e. The van der Waals surface area contributed by atoms with Gasteiger partial charge in [-0.2, -0.15) is 11.3 Å².